The molecule has 6 heteroatoms. The van der Waals surface area contributed by atoms with Gasteiger partial charge < -0.3 is 10.1 Å². The molecule has 3 aromatic carbocycles. The van der Waals surface area contributed by atoms with Crippen LogP contribution in [0.3, 0.4) is 0 Å². The maximum atomic E-state index is 6.60. The molecule has 0 unspecified atom stereocenters. The molecule has 0 spiro atoms. The third-order valence-electron chi connectivity index (χ3n) is 5.61. The van der Waals surface area contributed by atoms with Gasteiger partial charge in [-0.2, -0.15) is 10.1 Å². The van der Waals surface area contributed by atoms with Crippen molar-refractivity contribution in [3.63, 3.8) is 0 Å². The van der Waals surface area contributed by atoms with Crippen LogP contribution in [-0.2, 0) is 0 Å². The van der Waals surface area contributed by atoms with Crippen LogP contribution in [0.2, 0.25) is 0 Å². The molecule has 0 aliphatic carbocycles. The third kappa shape index (κ3) is 2.68. The molecule has 2 atom stereocenters. The van der Waals surface area contributed by atoms with E-state index in [4.69, 9.17) is 4.74 Å². The summed E-state index contributed by atoms with van der Waals surface area (Å²) in [6.07, 6.45) is 1.34. The van der Waals surface area contributed by atoms with Crippen LogP contribution in [0.15, 0.2) is 95.2 Å². The average Bonchev–Trinajstić information content (AvgIpc) is 3.26. The highest BCUT2D eigenvalue weighted by atomic mass is 79.9. The second kappa shape index (κ2) is 6.85. The first kappa shape index (κ1) is 17.5. The fourth-order valence-electron chi connectivity index (χ4n) is 4.29. The van der Waals surface area contributed by atoms with Crippen LogP contribution in [-0.4, -0.2) is 14.8 Å². The Morgan fingerprint density at radius 2 is 1.63 bits per heavy atom. The molecule has 0 radical (unpaired) electrons. The quantitative estimate of drug-likeness (QED) is 0.426. The lowest BCUT2D eigenvalue weighted by molar-refractivity contribution is 0.223. The van der Waals surface area contributed by atoms with Crippen molar-refractivity contribution in [3.05, 3.63) is 112 Å². The van der Waals surface area contributed by atoms with E-state index >= 15 is 0 Å². The summed E-state index contributed by atoms with van der Waals surface area (Å²) < 4.78 is 9.58. The number of fused-ring (bicyclic) bond motifs is 3. The number of para-hydroxylation sites is 1. The van der Waals surface area contributed by atoms with Crippen LogP contribution in [0.25, 0.3) is 5.70 Å². The molecule has 0 amide bonds. The summed E-state index contributed by atoms with van der Waals surface area (Å²) >= 11 is 3.54. The first-order chi connectivity index (χ1) is 14.8. The van der Waals surface area contributed by atoms with E-state index in [1.165, 1.54) is 0 Å². The SMILES string of the molecule is Brc1ccc([C@@H]2Oc3ccccc3C3=C2[C@@H](c2ccccc2)n2ncnc2N3)cc1. The van der Waals surface area contributed by atoms with Crippen LogP contribution in [0, 0.1) is 0 Å². The predicted octanol–water partition coefficient (Wildman–Crippen LogP) is 5.60. The molecule has 4 aromatic rings. The van der Waals surface area contributed by atoms with Gasteiger partial charge in [0.2, 0.25) is 5.95 Å². The third-order valence-corrected chi connectivity index (χ3v) is 6.14. The zero-order chi connectivity index (χ0) is 20.1. The summed E-state index contributed by atoms with van der Waals surface area (Å²) in [5.74, 6) is 1.59. The molecule has 0 saturated carbocycles. The zero-order valence-corrected chi connectivity index (χ0v) is 17.5. The van der Waals surface area contributed by atoms with Crippen molar-refractivity contribution >= 4 is 27.6 Å². The Balaban J connectivity index is 1.63. The van der Waals surface area contributed by atoms with Crippen molar-refractivity contribution < 1.29 is 4.74 Å². The summed E-state index contributed by atoms with van der Waals surface area (Å²) in [6, 6.07) is 26.7. The molecule has 1 aromatic heterocycles. The molecule has 0 saturated heterocycles. The van der Waals surface area contributed by atoms with Gasteiger partial charge >= 0.3 is 0 Å². The standard InChI is InChI=1S/C24H17BrN4O/c25-17-12-10-16(11-13-17)23-20-21(18-8-4-5-9-19(18)30-23)28-24-26-14-27-29(24)22(20)15-6-2-1-3-7-15/h1-14,22-23H,(H,26,27,28)/t22-,23+/m1/s1. The second-order valence-corrected chi connectivity index (χ2v) is 8.26. The number of halogens is 1. The van der Waals surface area contributed by atoms with Crippen molar-refractivity contribution in [1.29, 1.82) is 0 Å². The Labute approximate surface area is 182 Å². The van der Waals surface area contributed by atoms with Gasteiger partial charge in [-0.3, -0.25) is 0 Å². The van der Waals surface area contributed by atoms with E-state index in [-0.39, 0.29) is 12.1 Å². The van der Waals surface area contributed by atoms with Gasteiger partial charge in [-0.1, -0.05) is 70.5 Å². The smallest absolute Gasteiger partial charge is 0.226 e. The molecule has 0 fully saturated rings. The van der Waals surface area contributed by atoms with E-state index in [2.05, 4.69) is 73.8 Å². The normalized spacial score (nSPS) is 19.2. The molecule has 146 valence electrons. The summed E-state index contributed by atoms with van der Waals surface area (Å²) in [5.41, 5.74) is 5.44. The van der Waals surface area contributed by atoms with Gasteiger partial charge in [0.25, 0.3) is 0 Å². The van der Waals surface area contributed by atoms with Crippen molar-refractivity contribution in [2.75, 3.05) is 5.32 Å². The molecular formula is C24H17BrN4O. The van der Waals surface area contributed by atoms with Crippen LogP contribution in [0.5, 0.6) is 5.75 Å². The molecule has 1 N–H and O–H groups in total. The van der Waals surface area contributed by atoms with Crippen molar-refractivity contribution in [1.82, 2.24) is 14.8 Å². The zero-order valence-electron chi connectivity index (χ0n) is 15.9. The maximum Gasteiger partial charge on any atom is 0.226 e. The maximum absolute atomic E-state index is 6.60. The van der Waals surface area contributed by atoms with Gasteiger partial charge in [-0.15, -0.1) is 0 Å². The van der Waals surface area contributed by atoms with Crippen molar-refractivity contribution in [2.24, 2.45) is 0 Å². The second-order valence-electron chi connectivity index (χ2n) is 7.34. The fraction of sp³-hybridized carbons (Fsp3) is 0.0833. The lowest BCUT2D eigenvalue weighted by Gasteiger charge is -2.39. The van der Waals surface area contributed by atoms with Crippen LogP contribution in [0.4, 0.5) is 5.95 Å². The molecule has 2 aliphatic rings. The number of ether oxygens (including phenoxy) is 1. The number of rotatable bonds is 2. The highest BCUT2D eigenvalue weighted by molar-refractivity contribution is 9.10. The van der Waals surface area contributed by atoms with E-state index in [1.807, 2.05) is 41.1 Å². The fourth-order valence-corrected chi connectivity index (χ4v) is 4.55. The highest BCUT2D eigenvalue weighted by Crippen LogP contribution is 2.50. The molecule has 5 nitrogen and oxygen atoms in total. The van der Waals surface area contributed by atoms with Gasteiger partial charge in [0.15, 0.2) is 0 Å². The molecule has 6 rings (SSSR count). The van der Waals surface area contributed by atoms with E-state index < -0.39 is 0 Å². The Kier molecular flexibility index (Phi) is 3.99. The highest BCUT2D eigenvalue weighted by Gasteiger charge is 2.40. The topological polar surface area (TPSA) is 52.0 Å². The molecule has 0 bridgehead atoms. The number of anilines is 1. The molecule has 30 heavy (non-hydrogen) atoms. The van der Waals surface area contributed by atoms with Crippen molar-refractivity contribution in [2.45, 2.75) is 12.1 Å². The van der Waals surface area contributed by atoms with Gasteiger partial charge in [0.1, 0.15) is 24.2 Å². The number of hydrogen-bond donors (Lipinski definition) is 1. The molecule has 3 heterocycles. The molecular weight excluding hydrogens is 440 g/mol. The summed E-state index contributed by atoms with van der Waals surface area (Å²) in [4.78, 5) is 4.47. The van der Waals surface area contributed by atoms with Gasteiger partial charge in [0, 0.05) is 15.6 Å². The van der Waals surface area contributed by atoms with Crippen LogP contribution >= 0.6 is 15.9 Å². The number of nitrogens with zero attached hydrogens (tertiary/aromatic N) is 3. The Morgan fingerprint density at radius 3 is 2.47 bits per heavy atom. The lowest BCUT2D eigenvalue weighted by atomic mass is 9.85. The Morgan fingerprint density at radius 1 is 0.867 bits per heavy atom. The minimum absolute atomic E-state index is 0.123. The minimum atomic E-state index is -0.252. The summed E-state index contributed by atoms with van der Waals surface area (Å²) in [7, 11) is 0. The number of aromatic nitrogens is 3. The number of benzene rings is 3. The van der Waals surface area contributed by atoms with Crippen LogP contribution < -0.4 is 10.1 Å². The Hall–Kier alpha value is -3.38. The lowest BCUT2D eigenvalue weighted by Crippen LogP contribution is -2.32. The van der Waals surface area contributed by atoms with Crippen LogP contribution in [0.1, 0.15) is 28.8 Å². The van der Waals surface area contributed by atoms with Gasteiger partial charge in [-0.25, -0.2) is 4.68 Å². The number of nitrogens with one attached hydrogen (secondary N) is 1. The minimum Gasteiger partial charge on any atom is -0.480 e. The monoisotopic (exact) mass is 456 g/mol. The Bertz CT molecular complexity index is 1260. The first-order valence-corrected chi connectivity index (χ1v) is 10.6. The average molecular weight is 457 g/mol. The van der Waals surface area contributed by atoms with E-state index in [9.17, 15) is 0 Å². The largest absolute Gasteiger partial charge is 0.480 e. The first-order valence-electron chi connectivity index (χ1n) is 9.76. The van der Waals surface area contributed by atoms with Gasteiger partial charge in [-0.05, 0) is 35.4 Å². The van der Waals surface area contributed by atoms with E-state index in [1.54, 1.807) is 6.33 Å². The number of hydrogen-bond acceptors (Lipinski definition) is 4. The van der Waals surface area contributed by atoms with Gasteiger partial charge in [0.05, 0.1) is 5.70 Å². The van der Waals surface area contributed by atoms with Crippen molar-refractivity contribution in [3.8, 4) is 5.75 Å². The predicted molar refractivity (Wildman–Crippen MR) is 119 cm³/mol. The molecule has 2 aliphatic heterocycles. The van der Waals surface area contributed by atoms with E-state index in [0.717, 1.165) is 44.1 Å². The summed E-state index contributed by atoms with van der Waals surface area (Å²) in [6.45, 7) is 0. The van der Waals surface area contributed by atoms with E-state index in [0.29, 0.717) is 0 Å². The summed E-state index contributed by atoms with van der Waals surface area (Å²) in [5, 5.41) is 8.08.